The summed E-state index contributed by atoms with van der Waals surface area (Å²) in [5.74, 6) is -0.543. The van der Waals surface area contributed by atoms with E-state index in [4.69, 9.17) is 9.47 Å². The molecule has 0 aliphatic heterocycles. The molecule has 0 heterocycles. The van der Waals surface area contributed by atoms with Crippen LogP contribution in [0.15, 0.2) is 46.0 Å². The van der Waals surface area contributed by atoms with Gasteiger partial charge in [-0.2, -0.15) is 5.10 Å². The van der Waals surface area contributed by atoms with Crippen LogP contribution in [0.3, 0.4) is 0 Å². The van der Waals surface area contributed by atoms with Crippen LogP contribution in [0.2, 0.25) is 0 Å². The number of para-hydroxylation sites is 1. The Bertz CT molecular complexity index is 1030. The Morgan fingerprint density at radius 1 is 1.28 bits per heavy atom. The molecule has 0 saturated carbocycles. The van der Waals surface area contributed by atoms with Gasteiger partial charge in [0, 0.05) is 0 Å². The molecule has 0 fully saturated rings. The van der Waals surface area contributed by atoms with Gasteiger partial charge in [-0.15, -0.1) is 0 Å². The SMILES string of the molecule is COc1cc(/C=N\NC(=O)CN(c2ccccc2F)S(C)(=O)=O)cc(Br)c1OC. The third-order valence-corrected chi connectivity index (χ3v) is 5.38. The second kappa shape index (κ2) is 9.70. The van der Waals surface area contributed by atoms with Crippen molar-refractivity contribution >= 4 is 43.8 Å². The Morgan fingerprint density at radius 3 is 2.55 bits per heavy atom. The molecule has 0 unspecified atom stereocenters. The number of carbonyl (C=O) groups excluding carboxylic acids is 1. The van der Waals surface area contributed by atoms with Gasteiger partial charge in [0.1, 0.15) is 12.4 Å². The summed E-state index contributed by atoms with van der Waals surface area (Å²) < 4.78 is 49.7. The van der Waals surface area contributed by atoms with Crippen molar-refractivity contribution in [1.29, 1.82) is 0 Å². The second-order valence-corrected chi connectivity index (χ2v) is 8.51. The monoisotopic (exact) mass is 487 g/mol. The summed E-state index contributed by atoms with van der Waals surface area (Å²) in [4.78, 5) is 12.2. The van der Waals surface area contributed by atoms with Gasteiger partial charge in [0.25, 0.3) is 5.91 Å². The lowest BCUT2D eigenvalue weighted by Crippen LogP contribution is -2.39. The van der Waals surface area contributed by atoms with Crippen molar-refractivity contribution in [1.82, 2.24) is 5.43 Å². The lowest BCUT2D eigenvalue weighted by Gasteiger charge is -2.21. The van der Waals surface area contributed by atoms with Crippen molar-refractivity contribution in [3.05, 3.63) is 52.3 Å². The van der Waals surface area contributed by atoms with Crippen molar-refractivity contribution in [2.24, 2.45) is 5.10 Å². The zero-order chi connectivity index (χ0) is 21.6. The molecule has 0 saturated heterocycles. The van der Waals surface area contributed by atoms with E-state index in [0.29, 0.717) is 25.8 Å². The number of ether oxygens (including phenoxy) is 2. The van der Waals surface area contributed by atoms with Gasteiger partial charge in [0.2, 0.25) is 10.0 Å². The summed E-state index contributed by atoms with van der Waals surface area (Å²) in [6, 6.07) is 8.61. The molecule has 8 nitrogen and oxygen atoms in total. The third kappa shape index (κ3) is 5.91. The van der Waals surface area contributed by atoms with Crippen molar-refractivity contribution in [2.45, 2.75) is 0 Å². The summed E-state index contributed by atoms with van der Waals surface area (Å²) in [6.07, 6.45) is 2.23. The first-order valence-electron chi connectivity index (χ1n) is 8.13. The van der Waals surface area contributed by atoms with Gasteiger partial charge in [-0.1, -0.05) is 12.1 Å². The molecule has 1 amide bonds. The van der Waals surface area contributed by atoms with Crippen LogP contribution < -0.4 is 19.2 Å². The van der Waals surface area contributed by atoms with Crippen molar-refractivity contribution in [3.8, 4) is 11.5 Å². The van der Waals surface area contributed by atoms with E-state index in [-0.39, 0.29) is 5.69 Å². The molecule has 11 heteroatoms. The first kappa shape index (κ1) is 22.6. The minimum Gasteiger partial charge on any atom is -0.493 e. The van der Waals surface area contributed by atoms with Gasteiger partial charge >= 0.3 is 0 Å². The number of halogens is 2. The molecule has 2 rings (SSSR count). The van der Waals surface area contributed by atoms with E-state index in [1.165, 1.54) is 38.6 Å². The summed E-state index contributed by atoms with van der Waals surface area (Å²) in [5, 5.41) is 3.81. The fraction of sp³-hybridized carbons (Fsp3) is 0.222. The molecule has 0 bridgehead atoms. The number of hydrazone groups is 1. The predicted molar refractivity (Wildman–Crippen MR) is 112 cm³/mol. The van der Waals surface area contributed by atoms with Gasteiger partial charge in [0.05, 0.1) is 36.9 Å². The van der Waals surface area contributed by atoms with Crippen LogP contribution in [0.5, 0.6) is 11.5 Å². The Balaban J connectivity index is 2.14. The highest BCUT2D eigenvalue weighted by molar-refractivity contribution is 9.10. The number of anilines is 1. The van der Waals surface area contributed by atoms with Crippen LogP contribution in [0.4, 0.5) is 10.1 Å². The molecule has 1 N–H and O–H groups in total. The van der Waals surface area contributed by atoms with Crippen molar-refractivity contribution in [2.75, 3.05) is 31.3 Å². The molecule has 0 aliphatic rings. The quantitative estimate of drug-likeness (QED) is 0.455. The lowest BCUT2D eigenvalue weighted by atomic mass is 10.2. The maximum Gasteiger partial charge on any atom is 0.260 e. The van der Waals surface area contributed by atoms with Crippen LogP contribution in [-0.4, -0.2) is 47.6 Å². The smallest absolute Gasteiger partial charge is 0.260 e. The Hall–Kier alpha value is -2.66. The molecule has 0 aliphatic carbocycles. The number of hydrogen-bond donors (Lipinski definition) is 1. The fourth-order valence-electron chi connectivity index (χ4n) is 2.39. The first-order valence-corrected chi connectivity index (χ1v) is 10.8. The normalized spacial score (nSPS) is 11.3. The van der Waals surface area contributed by atoms with E-state index < -0.39 is 28.3 Å². The zero-order valence-electron chi connectivity index (χ0n) is 15.8. The van der Waals surface area contributed by atoms with E-state index in [1.54, 1.807) is 12.1 Å². The van der Waals surface area contributed by atoms with Crippen LogP contribution >= 0.6 is 15.9 Å². The highest BCUT2D eigenvalue weighted by Crippen LogP contribution is 2.35. The molecule has 0 aromatic heterocycles. The van der Waals surface area contributed by atoms with Crippen LogP contribution in [0, 0.1) is 5.82 Å². The largest absolute Gasteiger partial charge is 0.493 e. The highest BCUT2D eigenvalue weighted by Gasteiger charge is 2.23. The number of sulfonamides is 1. The molecule has 2 aromatic carbocycles. The number of rotatable bonds is 8. The average Bonchev–Trinajstić information content (AvgIpc) is 2.65. The van der Waals surface area contributed by atoms with Crippen LogP contribution in [-0.2, 0) is 14.8 Å². The molecule has 2 aromatic rings. The maximum atomic E-state index is 14.0. The minimum absolute atomic E-state index is 0.224. The van der Waals surface area contributed by atoms with E-state index >= 15 is 0 Å². The number of carbonyl (C=O) groups is 1. The summed E-state index contributed by atoms with van der Waals surface area (Å²) >= 11 is 3.34. The number of methoxy groups -OCH3 is 2. The van der Waals surface area contributed by atoms with E-state index in [2.05, 4.69) is 26.5 Å². The van der Waals surface area contributed by atoms with Gasteiger partial charge < -0.3 is 9.47 Å². The Kier molecular flexibility index (Phi) is 7.57. The van der Waals surface area contributed by atoms with Crippen LogP contribution in [0.1, 0.15) is 5.56 Å². The number of nitrogens with one attached hydrogen (secondary N) is 1. The van der Waals surface area contributed by atoms with Gasteiger partial charge in [-0.05, 0) is 45.8 Å². The van der Waals surface area contributed by atoms with Crippen molar-refractivity contribution in [3.63, 3.8) is 0 Å². The van der Waals surface area contributed by atoms with Gasteiger partial charge in [-0.25, -0.2) is 18.2 Å². The minimum atomic E-state index is -3.89. The van der Waals surface area contributed by atoms with Gasteiger partial charge in [-0.3, -0.25) is 9.10 Å². The third-order valence-electron chi connectivity index (χ3n) is 3.67. The van der Waals surface area contributed by atoms with Crippen molar-refractivity contribution < 1.29 is 27.1 Å². The maximum absolute atomic E-state index is 14.0. The second-order valence-electron chi connectivity index (χ2n) is 5.75. The Morgan fingerprint density at radius 2 is 1.97 bits per heavy atom. The molecule has 0 spiro atoms. The number of hydrogen-bond acceptors (Lipinski definition) is 6. The summed E-state index contributed by atoms with van der Waals surface area (Å²) in [6.45, 7) is -0.632. The number of amides is 1. The van der Waals surface area contributed by atoms with Crippen LogP contribution in [0.25, 0.3) is 0 Å². The molecule has 156 valence electrons. The Labute approximate surface area is 176 Å². The fourth-order valence-corrected chi connectivity index (χ4v) is 3.87. The molecule has 29 heavy (non-hydrogen) atoms. The molecular weight excluding hydrogens is 469 g/mol. The molecular formula is C18H19BrFN3O5S. The molecule has 0 atom stereocenters. The summed E-state index contributed by atoms with van der Waals surface area (Å²) in [5.41, 5.74) is 2.59. The van der Waals surface area contributed by atoms with Gasteiger partial charge in [0.15, 0.2) is 11.5 Å². The first-order chi connectivity index (χ1) is 13.7. The zero-order valence-corrected chi connectivity index (χ0v) is 18.3. The highest BCUT2D eigenvalue weighted by atomic mass is 79.9. The van der Waals surface area contributed by atoms with E-state index in [9.17, 15) is 17.6 Å². The number of benzene rings is 2. The van der Waals surface area contributed by atoms with E-state index in [0.717, 1.165) is 12.3 Å². The molecule has 0 radical (unpaired) electrons. The van der Waals surface area contributed by atoms with E-state index in [1.807, 2.05) is 0 Å². The topological polar surface area (TPSA) is 97.3 Å². The summed E-state index contributed by atoms with van der Waals surface area (Å²) in [7, 11) is -0.910. The predicted octanol–water partition coefficient (Wildman–Crippen LogP) is 2.52. The number of nitrogens with zero attached hydrogens (tertiary/aromatic N) is 2. The lowest BCUT2D eigenvalue weighted by molar-refractivity contribution is -0.119. The standard InChI is InChI=1S/C18H19BrFN3O5S/c1-27-16-9-12(8-13(19)18(16)28-2)10-21-22-17(24)11-23(29(3,25)26)15-7-5-4-6-14(15)20/h4-10H,11H2,1-3H3,(H,22,24)/b21-10-. The average molecular weight is 488 g/mol.